The van der Waals surface area contributed by atoms with E-state index in [2.05, 4.69) is 20.6 Å². The maximum atomic E-state index is 14.1. The van der Waals surface area contributed by atoms with Gasteiger partial charge in [0.1, 0.15) is 11.6 Å². The van der Waals surface area contributed by atoms with Crippen LogP contribution >= 0.6 is 11.6 Å². The molecule has 0 atom stereocenters. The molecule has 1 aromatic heterocycles. The zero-order chi connectivity index (χ0) is 24.7. The van der Waals surface area contributed by atoms with E-state index in [1.165, 1.54) is 18.2 Å². The summed E-state index contributed by atoms with van der Waals surface area (Å²) in [6.45, 7) is 0.722. The lowest BCUT2D eigenvalue weighted by Gasteiger charge is -2.13. The highest BCUT2D eigenvalue weighted by atomic mass is 35.5. The number of allylic oxidation sites excluding steroid dienone is 1. The highest BCUT2D eigenvalue weighted by Crippen LogP contribution is 2.27. The van der Waals surface area contributed by atoms with E-state index in [4.69, 9.17) is 11.6 Å². The number of hydrogen-bond donors (Lipinski definition) is 2. The molecule has 10 heteroatoms. The first-order valence-corrected chi connectivity index (χ1v) is 11.0. The van der Waals surface area contributed by atoms with E-state index in [0.717, 1.165) is 12.6 Å². The van der Waals surface area contributed by atoms with E-state index in [1.54, 1.807) is 24.3 Å². The number of benzene rings is 2. The number of unbranched alkanes of at least 4 members (excludes halogenated alkanes) is 1. The third-order valence-electron chi connectivity index (χ3n) is 4.86. The number of nitrogens with zero attached hydrogens (tertiary/aromatic N) is 3. The van der Waals surface area contributed by atoms with Crippen molar-refractivity contribution in [3.8, 4) is 0 Å². The number of nitrogens with one attached hydrogen (secondary N) is 2. The fourth-order valence-electron chi connectivity index (χ4n) is 3.16. The van der Waals surface area contributed by atoms with Gasteiger partial charge in [0, 0.05) is 23.6 Å². The number of anilines is 3. The lowest BCUT2D eigenvalue weighted by Crippen LogP contribution is -2.17. The Kier molecular flexibility index (Phi) is 8.46. The van der Waals surface area contributed by atoms with Gasteiger partial charge in [-0.2, -0.15) is 4.98 Å². The molecule has 34 heavy (non-hydrogen) atoms. The molecule has 0 unspecified atom stereocenters. The van der Waals surface area contributed by atoms with E-state index in [-0.39, 0.29) is 17.4 Å². The van der Waals surface area contributed by atoms with Crippen molar-refractivity contribution in [2.75, 3.05) is 31.3 Å². The van der Waals surface area contributed by atoms with Crippen molar-refractivity contribution in [3.05, 3.63) is 65.5 Å². The lowest BCUT2D eigenvalue weighted by molar-refractivity contribution is -0.112. The number of halogens is 4. The molecule has 0 aliphatic carbocycles. The van der Waals surface area contributed by atoms with E-state index in [9.17, 15) is 18.0 Å². The SMILES string of the molecule is CN(C)CCCCC(F)(F)C=CC(=O)Nc1nc(Nc2ccc(F)c(Cl)c2)c2ccccc2n1. The van der Waals surface area contributed by atoms with Crippen molar-refractivity contribution >= 4 is 45.9 Å². The average Bonchev–Trinajstić information content (AvgIpc) is 2.78. The predicted octanol–water partition coefficient (Wildman–Crippen LogP) is 6.03. The van der Waals surface area contributed by atoms with Crippen molar-refractivity contribution < 1.29 is 18.0 Å². The number of amides is 1. The fraction of sp³-hybridized carbons (Fsp3) is 0.292. The second-order valence-electron chi connectivity index (χ2n) is 8.01. The molecular weight excluding hydrogens is 467 g/mol. The minimum atomic E-state index is -3.09. The summed E-state index contributed by atoms with van der Waals surface area (Å²) in [7, 11) is 3.76. The van der Waals surface area contributed by atoms with Crippen LogP contribution in [0.4, 0.5) is 30.6 Å². The molecule has 0 spiro atoms. The molecule has 180 valence electrons. The third-order valence-corrected chi connectivity index (χ3v) is 5.15. The maximum Gasteiger partial charge on any atom is 0.266 e. The number of hydrogen-bond acceptors (Lipinski definition) is 5. The van der Waals surface area contributed by atoms with Crippen molar-refractivity contribution in [2.45, 2.75) is 25.2 Å². The highest BCUT2D eigenvalue weighted by Gasteiger charge is 2.24. The van der Waals surface area contributed by atoms with Gasteiger partial charge in [-0.25, -0.2) is 18.2 Å². The molecule has 1 heterocycles. The molecule has 3 aromatic rings. The van der Waals surface area contributed by atoms with Crippen molar-refractivity contribution in [1.29, 1.82) is 0 Å². The van der Waals surface area contributed by atoms with E-state index >= 15 is 0 Å². The van der Waals surface area contributed by atoms with Gasteiger partial charge >= 0.3 is 0 Å². The number of fused-ring (bicyclic) bond motifs is 1. The van der Waals surface area contributed by atoms with Gasteiger partial charge in [-0.3, -0.25) is 10.1 Å². The molecule has 0 radical (unpaired) electrons. The van der Waals surface area contributed by atoms with Crippen molar-refractivity contribution in [2.24, 2.45) is 0 Å². The highest BCUT2D eigenvalue weighted by molar-refractivity contribution is 6.31. The number of carbonyl (C=O) groups is 1. The summed E-state index contributed by atoms with van der Waals surface area (Å²) in [6.07, 6.45) is 2.03. The molecule has 1 amide bonds. The summed E-state index contributed by atoms with van der Waals surface area (Å²) in [5, 5.41) is 6.02. The molecule has 0 fully saturated rings. The van der Waals surface area contributed by atoms with Gasteiger partial charge in [0.15, 0.2) is 0 Å². The second kappa shape index (κ2) is 11.3. The molecule has 0 aliphatic rings. The van der Waals surface area contributed by atoms with Crippen LogP contribution in [0.3, 0.4) is 0 Å². The molecule has 3 rings (SSSR count). The van der Waals surface area contributed by atoms with Gasteiger partial charge in [0.05, 0.1) is 10.5 Å². The van der Waals surface area contributed by atoms with Crippen LogP contribution in [0.2, 0.25) is 5.02 Å². The monoisotopic (exact) mass is 491 g/mol. The van der Waals surface area contributed by atoms with Gasteiger partial charge in [-0.05, 0) is 69.9 Å². The second-order valence-corrected chi connectivity index (χ2v) is 8.42. The summed E-state index contributed by atoms with van der Waals surface area (Å²) >= 11 is 5.85. The van der Waals surface area contributed by atoms with Crippen molar-refractivity contribution in [3.63, 3.8) is 0 Å². The van der Waals surface area contributed by atoms with E-state index in [0.29, 0.717) is 41.3 Å². The standard InChI is InChI=1S/C24H25ClF3N5O/c1-33(2)14-6-5-12-24(27,28)13-11-21(34)31-23-30-20-8-4-3-7-17(20)22(32-23)29-16-9-10-19(26)18(25)15-16/h3-4,7-11,13,15H,5-6,12,14H2,1-2H3,(H2,29,30,31,32,34). The summed E-state index contributed by atoms with van der Waals surface area (Å²) in [4.78, 5) is 22.8. The number of para-hydroxylation sites is 1. The Balaban J connectivity index is 1.73. The van der Waals surface area contributed by atoms with Crippen LogP contribution in [0.1, 0.15) is 19.3 Å². The van der Waals surface area contributed by atoms with Crippen LogP contribution < -0.4 is 10.6 Å². The first-order chi connectivity index (χ1) is 16.1. The molecule has 0 saturated heterocycles. The van der Waals surface area contributed by atoms with Crippen LogP contribution in [-0.4, -0.2) is 47.3 Å². The molecule has 2 aromatic carbocycles. The minimum absolute atomic E-state index is 0.0651. The molecular formula is C24H25ClF3N5O. The van der Waals surface area contributed by atoms with Crippen LogP contribution in [0.15, 0.2) is 54.6 Å². The molecule has 0 bridgehead atoms. The molecule has 0 saturated carbocycles. The number of rotatable bonds is 10. The van der Waals surface area contributed by atoms with Crippen LogP contribution in [0.5, 0.6) is 0 Å². The van der Waals surface area contributed by atoms with Crippen LogP contribution in [-0.2, 0) is 4.79 Å². The fourth-order valence-corrected chi connectivity index (χ4v) is 3.34. The van der Waals surface area contributed by atoms with Gasteiger partial charge in [0.25, 0.3) is 11.8 Å². The number of alkyl halides is 2. The quantitative estimate of drug-likeness (QED) is 0.268. The normalized spacial score (nSPS) is 12.0. The third kappa shape index (κ3) is 7.43. The lowest BCUT2D eigenvalue weighted by atomic mass is 10.1. The Morgan fingerprint density at radius 2 is 1.91 bits per heavy atom. The van der Waals surface area contributed by atoms with Crippen LogP contribution in [0, 0.1) is 5.82 Å². The first kappa shape index (κ1) is 25.5. The zero-order valence-corrected chi connectivity index (χ0v) is 19.5. The maximum absolute atomic E-state index is 14.1. The van der Waals surface area contributed by atoms with Gasteiger partial charge in [-0.15, -0.1) is 0 Å². The molecule has 2 N–H and O–H groups in total. The molecule has 6 nitrogen and oxygen atoms in total. The Morgan fingerprint density at radius 3 is 2.65 bits per heavy atom. The van der Waals surface area contributed by atoms with E-state index < -0.39 is 17.6 Å². The van der Waals surface area contributed by atoms with Crippen molar-refractivity contribution in [1.82, 2.24) is 14.9 Å². The largest absolute Gasteiger partial charge is 0.340 e. The van der Waals surface area contributed by atoms with E-state index in [1.807, 2.05) is 19.0 Å². The summed E-state index contributed by atoms with van der Waals surface area (Å²) < 4.78 is 41.6. The number of aromatic nitrogens is 2. The Hall–Kier alpha value is -3.17. The summed E-state index contributed by atoms with van der Waals surface area (Å²) in [6, 6.07) is 11.1. The average molecular weight is 492 g/mol. The Morgan fingerprint density at radius 1 is 1.15 bits per heavy atom. The van der Waals surface area contributed by atoms with Gasteiger partial charge < -0.3 is 10.2 Å². The number of carbonyl (C=O) groups excluding carboxylic acids is 1. The minimum Gasteiger partial charge on any atom is -0.340 e. The Bertz CT molecular complexity index is 1190. The van der Waals surface area contributed by atoms with Crippen LogP contribution in [0.25, 0.3) is 10.9 Å². The first-order valence-electron chi connectivity index (χ1n) is 10.6. The predicted molar refractivity (Wildman–Crippen MR) is 129 cm³/mol. The van der Waals surface area contributed by atoms with Gasteiger partial charge in [-0.1, -0.05) is 23.7 Å². The summed E-state index contributed by atoms with van der Waals surface area (Å²) in [5.41, 5.74) is 0.986. The zero-order valence-electron chi connectivity index (χ0n) is 18.8. The molecule has 0 aliphatic heterocycles. The smallest absolute Gasteiger partial charge is 0.266 e. The summed E-state index contributed by atoms with van der Waals surface area (Å²) in [5.74, 6) is -4.17. The topological polar surface area (TPSA) is 70.2 Å². The van der Waals surface area contributed by atoms with Gasteiger partial charge in [0.2, 0.25) is 5.95 Å². The Labute approximate surface area is 200 Å².